The van der Waals surface area contributed by atoms with Gasteiger partial charge in [-0.25, -0.2) is 4.79 Å². The first-order chi connectivity index (χ1) is 10.5. The Morgan fingerprint density at radius 3 is 2.27 bits per heavy atom. The molecule has 114 valence electrons. The number of hydrogen-bond donors (Lipinski definition) is 2. The minimum absolute atomic E-state index is 0.267. The highest BCUT2D eigenvalue weighted by Gasteiger charge is 2.11. The number of anilines is 2. The van der Waals surface area contributed by atoms with Gasteiger partial charge in [0.05, 0.1) is 17.7 Å². The predicted octanol–water partition coefficient (Wildman–Crippen LogP) is 4.59. The molecule has 0 aliphatic rings. The summed E-state index contributed by atoms with van der Waals surface area (Å²) < 4.78 is 4.67. The lowest BCUT2D eigenvalue weighted by Crippen LogP contribution is -2.19. The van der Waals surface area contributed by atoms with Crippen LogP contribution in [0, 0.1) is 0 Å². The van der Waals surface area contributed by atoms with Crippen molar-refractivity contribution >= 4 is 57.9 Å². The minimum Gasteiger partial charge on any atom is -0.465 e. The average Bonchev–Trinajstić information content (AvgIpc) is 2.50. The monoisotopic (exact) mass is 354 g/mol. The molecule has 0 aliphatic heterocycles. The van der Waals surface area contributed by atoms with Gasteiger partial charge in [-0.2, -0.15) is 0 Å². The van der Waals surface area contributed by atoms with Gasteiger partial charge in [0, 0.05) is 16.4 Å². The van der Waals surface area contributed by atoms with E-state index in [0.717, 1.165) is 5.69 Å². The highest BCUT2D eigenvalue weighted by molar-refractivity contribution is 7.80. The van der Waals surface area contributed by atoms with Gasteiger partial charge in [-0.05, 0) is 54.7 Å². The molecule has 0 spiro atoms. The smallest absolute Gasteiger partial charge is 0.339 e. The number of carbonyl (C=O) groups is 1. The Kier molecular flexibility index (Phi) is 5.60. The van der Waals surface area contributed by atoms with E-state index in [1.54, 1.807) is 42.5 Å². The number of ether oxygens (including phenoxy) is 1. The van der Waals surface area contributed by atoms with E-state index in [9.17, 15) is 4.79 Å². The summed E-state index contributed by atoms with van der Waals surface area (Å²) >= 11 is 17.0. The fourth-order valence-electron chi connectivity index (χ4n) is 1.70. The second-order valence-electron chi connectivity index (χ2n) is 4.27. The van der Waals surface area contributed by atoms with E-state index in [2.05, 4.69) is 15.4 Å². The first-order valence-electron chi connectivity index (χ1n) is 6.21. The van der Waals surface area contributed by atoms with Crippen LogP contribution in [0.1, 0.15) is 10.4 Å². The molecule has 0 saturated carbocycles. The lowest BCUT2D eigenvalue weighted by molar-refractivity contribution is 0.0601. The molecule has 0 atom stereocenters. The van der Waals surface area contributed by atoms with Gasteiger partial charge in [-0.3, -0.25) is 0 Å². The van der Waals surface area contributed by atoms with Gasteiger partial charge < -0.3 is 15.4 Å². The molecule has 2 aromatic rings. The molecule has 4 nitrogen and oxygen atoms in total. The number of carbonyl (C=O) groups excluding carboxylic acids is 1. The molecule has 0 radical (unpaired) electrons. The third-order valence-corrected chi connectivity index (χ3v) is 3.52. The van der Waals surface area contributed by atoms with Gasteiger partial charge in [0.1, 0.15) is 0 Å². The zero-order valence-electron chi connectivity index (χ0n) is 11.5. The van der Waals surface area contributed by atoms with Crippen molar-refractivity contribution in [1.29, 1.82) is 0 Å². The summed E-state index contributed by atoms with van der Waals surface area (Å²) in [5.74, 6) is -0.509. The van der Waals surface area contributed by atoms with Crippen LogP contribution in [0.3, 0.4) is 0 Å². The van der Waals surface area contributed by atoms with Crippen molar-refractivity contribution in [3.63, 3.8) is 0 Å². The summed E-state index contributed by atoms with van der Waals surface area (Å²) in [4.78, 5) is 11.6. The summed E-state index contributed by atoms with van der Waals surface area (Å²) in [6.07, 6.45) is 0. The number of halogens is 2. The third kappa shape index (κ3) is 4.34. The quantitative estimate of drug-likeness (QED) is 0.623. The molecule has 2 rings (SSSR count). The van der Waals surface area contributed by atoms with Gasteiger partial charge in [-0.15, -0.1) is 0 Å². The van der Waals surface area contributed by atoms with Crippen LogP contribution >= 0.6 is 35.4 Å². The summed E-state index contributed by atoms with van der Waals surface area (Å²) in [7, 11) is 1.30. The predicted molar refractivity (Wildman–Crippen MR) is 94.1 cm³/mol. The number of rotatable bonds is 3. The summed E-state index contributed by atoms with van der Waals surface area (Å²) in [5, 5.41) is 7.31. The largest absolute Gasteiger partial charge is 0.465 e. The number of benzene rings is 2. The molecule has 0 aliphatic carbocycles. The van der Waals surface area contributed by atoms with Crippen molar-refractivity contribution in [3.8, 4) is 0 Å². The highest BCUT2D eigenvalue weighted by atomic mass is 35.5. The van der Waals surface area contributed by atoms with E-state index in [4.69, 9.17) is 35.4 Å². The topological polar surface area (TPSA) is 50.4 Å². The molecule has 0 amide bonds. The van der Waals surface area contributed by atoms with Crippen molar-refractivity contribution in [3.05, 3.63) is 58.1 Å². The van der Waals surface area contributed by atoms with Gasteiger partial charge in [0.15, 0.2) is 5.11 Å². The standard InChI is InChI=1S/C15H12Cl2N2O2S/c1-21-14(20)12-8-11(6-7-13(12)17)19-15(22)18-10-4-2-9(16)3-5-10/h2-8H,1H3,(H2,18,19,22). The van der Waals surface area contributed by atoms with Gasteiger partial charge >= 0.3 is 5.97 Å². The highest BCUT2D eigenvalue weighted by Crippen LogP contribution is 2.22. The van der Waals surface area contributed by atoms with Crippen molar-refractivity contribution in [2.45, 2.75) is 0 Å². The van der Waals surface area contributed by atoms with E-state index >= 15 is 0 Å². The molecular formula is C15H12Cl2N2O2S. The number of hydrogen-bond acceptors (Lipinski definition) is 3. The Balaban J connectivity index is 2.08. The number of methoxy groups -OCH3 is 1. The lowest BCUT2D eigenvalue weighted by atomic mass is 10.2. The normalized spacial score (nSPS) is 9.95. The minimum atomic E-state index is -0.509. The molecule has 2 N–H and O–H groups in total. The fraction of sp³-hybridized carbons (Fsp3) is 0.0667. The van der Waals surface area contributed by atoms with Gasteiger partial charge in [0.25, 0.3) is 0 Å². The molecule has 0 heterocycles. The van der Waals surface area contributed by atoms with E-state index in [1.807, 2.05) is 0 Å². The summed E-state index contributed by atoms with van der Waals surface area (Å²) in [6, 6.07) is 12.0. The average molecular weight is 355 g/mol. The molecule has 0 fully saturated rings. The zero-order valence-corrected chi connectivity index (χ0v) is 13.9. The summed E-state index contributed by atoms with van der Waals surface area (Å²) in [6.45, 7) is 0. The SMILES string of the molecule is COC(=O)c1cc(NC(=S)Nc2ccc(Cl)cc2)ccc1Cl. The van der Waals surface area contributed by atoms with Crippen molar-refractivity contribution in [2.75, 3.05) is 17.7 Å². The molecule has 0 aromatic heterocycles. The Labute approximate surface area is 143 Å². The maximum atomic E-state index is 11.6. The Hall–Kier alpha value is -1.82. The van der Waals surface area contributed by atoms with E-state index in [-0.39, 0.29) is 5.56 Å². The van der Waals surface area contributed by atoms with Crippen LogP contribution in [-0.2, 0) is 4.74 Å². The molecule has 7 heteroatoms. The maximum absolute atomic E-state index is 11.6. The van der Waals surface area contributed by atoms with Crippen LogP contribution in [-0.4, -0.2) is 18.2 Å². The van der Waals surface area contributed by atoms with E-state index in [1.165, 1.54) is 7.11 Å². The third-order valence-electron chi connectivity index (χ3n) is 2.73. The fourth-order valence-corrected chi connectivity index (χ4v) is 2.25. The Morgan fingerprint density at radius 1 is 1.05 bits per heavy atom. The molecule has 2 aromatic carbocycles. The second-order valence-corrected chi connectivity index (χ2v) is 5.52. The van der Waals surface area contributed by atoms with Gasteiger partial charge in [0.2, 0.25) is 0 Å². The van der Waals surface area contributed by atoms with Crippen molar-refractivity contribution in [1.82, 2.24) is 0 Å². The first kappa shape index (κ1) is 16.5. The second kappa shape index (κ2) is 7.45. The Morgan fingerprint density at radius 2 is 1.64 bits per heavy atom. The first-order valence-corrected chi connectivity index (χ1v) is 7.37. The molecular weight excluding hydrogens is 343 g/mol. The van der Waals surface area contributed by atoms with Gasteiger partial charge in [-0.1, -0.05) is 23.2 Å². The number of nitrogens with one attached hydrogen (secondary N) is 2. The molecule has 0 unspecified atom stereocenters. The van der Waals surface area contributed by atoms with Crippen LogP contribution in [0.2, 0.25) is 10.0 Å². The Bertz CT molecular complexity index is 705. The van der Waals surface area contributed by atoms with E-state index in [0.29, 0.717) is 20.8 Å². The van der Waals surface area contributed by atoms with Crippen molar-refractivity contribution < 1.29 is 9.53 Å². The molecule has 0 saturated heterocycles. The van der Waals surface area contributed by atoms with Crippen LogP contribution < -0.4 is 10.6 Å². The van der Waals surface area contributed by atoms with Crippen molar-refractivity contribution in [2.24, 2.45) is 0 Å². The summed E-state index contributed by atoms with van der Waals surface area (Å²) in [5.41, 5.74) is 1.68. The maximum Gasteiger partial charge on any atom is 0.339 e. The number of esters is 1. The molecule has 0 bridgehead atoms. The molecule has 22 heavy (non-hydrogen) atoms. The lowest BCUT2D eigenvalue weighted by Gasteiger charge is -2.12. The van der Waals surface area contributed by atoms with Crippen LogP contribution in [0.5, 0.6) is 0 Å². The number of thiocarbonyl (C=S) groups is 1. The zero-order chi connectivity index (χ0) is 16.1. The van der Waals surface area contributed by atoms with Crippen LogP contribution in [0.4, 0.5) is 11.4 Å². The van der Waals surface area contributed by atoms with Crippen LogP contribution in [0.25, 0.3) is 0 Å². The van der Waals surface area contributed by atoms with E-state index < -0.39 is 5.97 Å². The van der Waals surface area contributed by atoms with Crippen LogP contribution in [0.15, 0.2) is 42.5 Å².